The van der Waals surface area contributed by atoms with Crippen molar-refractivity contribution in [1.82, 2.24) is 10.2 Å². The van der Waals surface area contributed by atoms with Gasteiger partial charge in [-0.15, -0.1) is 0 Å². The summed E-state index contributed by atoms with van der Waals surface area (Å²) in [6.45, 7) is 6.79. The van der Waals surface area contributed by atoms with Crippen LogP contribution < -0.4 is 10.6 Å². The van der Waals surface area contributed by atoms with E-state index >= 15 is 0 Å². The van der Waals surface area contributed by atoms with Crippen LogP contribution in [0, 0.1) is 6.92 Å². The van der Waals surface area contributed by atoms with Crippen LogP contribution in [-0.2, 0) is 35.0 Å². The standard InChI is InChI=1S/C36H39N3O7S/c1-24-14-18-30(19-15-24)47(43,44)46-29-22-32(33(40)37-28-17-16-26-12-8-9-13-27(26)21-28)39(23-29)34(41)31(20-25-10-6-5-7-11-25)38-35(42)45-36(2,3)4/h5-19,21,29,31-32H,20,22-23H2,1-4H3,(H,37,40)(H,38,42)/t29-,31-,32-/m0/s1. The molecule has 11 heteroatoms. The van der Waals surface area contributed by atoms with Crippen LogP contribution in [0.1, 0.15) is 38.3 Å². The molecule has 1 saturated heterocycles. The van der Waals surface area contributed by atoms with Gasteiger partial charge in [0.1, 0.15) is 17.7 Å². The average molecular weight is 658 g/mol. The molecule has 47 heavy (non-hydrogen) atoms. The fraction of sp³-hybridized carbons (Fsp3) is 0.306. The fourth-order valence-electron chi connectivity index (χ4n) is 5.49. The molecule has 1 aliphatic rings. The minimum atomic E-state index is -4.21. The second-order valence-corrected chi connectivity index (χ2v) is 14.2. The molecule has 246 valence electrons. The Morgan fingerprint density at radius 2 is 1.55 bits per heavy atom. The Labute approximate surface area is 275 Å². The molecule has 0 saturated carbocycles. The van der Waals surface area contributed by atoms with Crippen LogP contribution in [0.3, 0.4) is 0 Å². The topological polar surface area (TPSA) is 131 Å². The summed E-state index contributed by atoms with van der Waals surface area (Å²) in [6, 6.07) is 26.3. The van der Waals surface area contributed by atoms with E-state index in [1.807, 2.05) is 73.7 Å². The van der Waals surface area contributed by atoms with Crippen molar-refractivity contribution in [3.8, 4) is 0 Å². The predicted molar refractivity (Wildman–Crippen MR) is 179 cm³/mol. The van der Waals surface area contributed by atoms with Gasteiger partial charge >= 0.3 is 6.09 Å². The molecule has 0 aromatic heterocycles. The van der Waals surface area contributed by atoms with Crippen LogP contribution in [0.15, 0.2) is 102 Å². The summed E-state index contributed by atoms with van der Waals surface area (Å²) in [6.07, 6.45) is -1.78. The molecule has 0 bridgehead atoms. The van der Waals surface area contributed by atoms with Gasteiger partial charge in [-0.3, -0.25) is 13.8 Å². The SMILES string of the molecule is Cc1ccc(S(=O)(=O)O[C@H]2C[C@@H](C(=O)Nc3ccc4ccccc4c3)N(C(=O)[C@H](Cc3ccccc3)NC(=O)OC(C)(C)C)C2)cc1. The van der Waals surface area contributed by atoms with Crippen LogP contribution in [-0.4, -0.2) is 61.6 Å². The first kappa shape index (κ1) is 33.6. The van der Waals surface area contributed by atoms with E-state index in [2.05, 4.69) is 10.6 Å². The van der Waals surface area contributed by atoms with Crippen molar-refractivity contribution in [2.24, 2.45) is 0 Å². The Kier molecular flexibility index (Phi) is 9.97. The normalized spacial score (nSPS) is 17.2. The number of nitrogens with zero attached hydrogens (tertiary/aromatic N) is 1. The van der Waals surface area contributed by atoms with E-state index in [0.29, 0.717) is 5.69 Å². The second-order valence-electron chi connectivity index (χ2n) is 12.7. The van der Waals surface area contributed by atoms with Gasteiger partial charge in [0.05, 0.1) is 11.0 Å². The van der Waals surface area contributed by atoms with Crippen molar-refractivity contribution >= 4 is 44.5 Å². The molecule has 2 N–H and O–H groups in total. The lowest BCUT2D eigenvalue weighted by molar-refractivity contribution is -0.138. The largest absolute Gasteiger partial charge is 0.444 e. The number of hydrogen-bond donors (Lipinski definition) is 2. The number of carbonyl (C=O) groups is 3. The minimum absolute atomic E-state index is 0.0291. The van der Waals surface area contributed by atoms with Crippen LogP contribution in [0.5, 0.6) is 0 Å². The molecule has 3 atom stereocenters. The van der Waals surface area contributed by atoms with E-state index in [-0.39, 0.29) is 24.3 Å². The van der Waals surface area contributed by atoms with Crippen LogP contribution in [0.25, 0.3) is 10.8 Å². The van der Waals surface area contributed by atoms with Gasteiger partial charge in [0, 0.05) is 25.1 Å². The third-order valence-electron chi connectivity index (χ3n) is 7.71. The van der Waals surface area contributed by atoms with E-state index < -0.39 is 51.8 Å². The van der Waals surface area contributed by atoms with Gasteiger partial charge in [0.15, 0.2) is 0 Å². The number of alkyl carbamates (subject to hydrolysis) is 1. The van der Waals surface area contributed by atoms with Gasteiger partial charge in [0.2, 0.25) is 11.8 Å². The van der Waals surface area contributed by atoms with Crippen LogP contribution in [0.4, 0.5) is 10.5 Å². The Morgan fingerprint density at radius 1 is 0.894 bits per heavy atom. The van der Waals surface area contributed by atoms with Crippen molar-refractivity contribution in [2.75, 3.05) is 11.9 Å². The number of nitrogens with one attached hydrogen (secondary N) is 2. The Balaban J connectivity index is 1.44. The maximum Gasteiger partial charge on any atom is 0.408 e. The molecular formula is C36H39N3O7S. The summed E-state index contributed by atoms with van der Waals surface area (Å²) in [5.74, 6) is -1.08. The van der Waals surface area contributed by atoms with Crippen molar-refractivity contribution in [3.63, 3.8) is 0 Å². The van der Waals surface area contributed by atoms with E-state index in [0.717, 1.165) is 21.9 Å². The van der Waals surface area contributed by atoms with E-state index in [4.69, 9.17) is 8.92 Å². The molecule has 0 aliphatic carbocycles. The highest BCUT2D eigenvalue weighted by molar-refractivity contribution is 7.86. The number of benzene rings is 4. The number of hydrogen-bond acceptors (Lipinski definition) is 7. The number of carbonyl (C=O) groups excluding carboxylic acids is 3. The van der Waals surface area contributed by atoms with Gasteiger partial charge < -0.3 is 20.3 Å². The highest BCUT2D eigenvalue weighted by atomic mass is 32.2. The summed E-state index contributed by atoms with van der Waals surface area (Å²) in [7, 11) is -4.21. The molecule has 10 nitrogen and oxygen atoms in total. The fourth-order valence-corrected chi connectivity index (χ4v) is 6.57. The molecule has 1 aliphatic heterocycles. The lowest BCUT2D eigenvalue weighted by Crippen LogP contribution is -2.54. The zero-order chi connectivity index (χ0) is 33.8. The van der Waals surface area contributed by atoms with Gasteiger partial charge in [-0.2, -0.15) is 8.42 Å². The lowest BCUT2D eigenvalue weighted by Gasteiger charge is -2.29. The molecule has 1 heterocycles. The van der Waals surface area contributed by atoms with Crippen LogP contribution in [0.2, 0.25) is 0 Å². The monoisotopic (exact) mass is 657 g/mol. The second kappa shape index (κ2) is 13.9. The zero-order valence-electron chi connectivity index (χ0n) is 26.8. The summed E-state index contributed by atoms with van der Waals surface area (Å²) < 4.78 is 37.5. The lowest BCUT2D eigenvalue weighted by atomic mass is 10.0. The van der Waals surface area contributed by atoms with Crippen molar-refractivity contribution in [2.45, 2.75) is 69.2 Å². The first-order valence-corrected chi connectivity index (χ1v) is 16.8. The molecule has 0 unspecified atom stereocenters. The summed E-state index contributed by atoms with van der Waals surface area (Å²) in [5, 5.41) is 7.48. The van der Waals surface area contributed by atoms with E-state index in [9.17, 15) is 22.8 Å². The molecule has 4 aromatic rings. The maximum atomic E-state index is 14.3. The molecule has 1 fully saturated rings. The van der Waals surface area contributed by atoms with Gasteiger partial charge in [-0.1, -0.05) is 78.4 Å². The Morgan fingerprint density at radius 3 is 2.23 bits per heavy atom. The highest BCUT2D eigenvalue weighted by Gasteiger charge is 2.44. The molecule has 4 aromatic carbocycles. The van der Waals surface area contributed by atoms with Gasteiger partial charge in [-0.05, 0) is 68.3 Å². The number of rotatable bonds is 9. The summed E-state index contributed by atoms with van der Waals surface area (Å²) in [4.78, 5) is 42.3. The minimum Gasteiger partial charge on any atom is -0.444 e. The number of fused-ring (bicyclic) bond motifs is 1. The first-order chi connectivity index (χ1) is 22.3. The van der Waals surface area contributed by atoms with Gasteiger partial charge in [0.25, 0.3) is 10.1 Å². The third kappa shape index (κ3) is 8.75. The van der Waals surface area contributed by atoms with Gasteiger partial charge in [-0.25, -0.2) is 4.79 Å². The molecule has 3 amide bonds. The Bertz CT molecular complexity index is 1860. The molecule has 5 rings (SSSR count). The first-order valence-electron chi connectivity index (χ1n) is 15.4. The molecule has 0 radical (unpaired) electrons. The van der Waals surface area contributed by atoms with Crippen molar-refractivity contribution < 1.29 is 31.7 Å². The predicted octanol–water partition coefficient (Wildman–Crippen LogP) is 5.60. The van der Waals surface area contributed by atoms with Crippen molar-refractivity contribution in [3.05, 3.63) is 108 Å². The zero-order valence-corrected chi connectivity index (χ0v) is 27.6. The van der Waals surface area contributed by atoms with E-state index in [1.54, 1.807) is 39.0 Å². The number of anilines is 1. The maximum absolute atomic E-state index is 14.3. The molecule has 0 spiro atoms. The van der Waals surface area contributed by atoms with Crippen molar-refractivity contribution in [1.29, 1.82) is 0 Å². The van der Waals surface area contributed by atoms with Crippen LogP contribution >= 0.6 is 0 Å². The smallest absolute Gasteiger partial charge is 0.408 e. The third-order valence-corrected chi connectivity index (χ3v) is 9.08. The number of ether oxygens (including phenoxy) is 1. The summed E-state index contributed by atoms with van der Waals surface area (Å²) in [5.41, 5.74) is 1.36. The highest BCUT2D eigenvalue weighted by Crippen LogP contribution is 2.28. The molecular weight excluding hydrogens is 618 g/mol. The average Bonchev–Trinajstić information content (AvgIpc) is 3.43. The summed E-state index contributed by atoms with van der Waals surface area (Å²) >= 11 is 0. The number of aryl methyl sites for hydroxylation is 1. The quantitative estimate of drug-likeness (QED) is 0.224. The number of likely N-dealkylation sites (tertiary alicyclic amines) is 1. The number of amides is 3. The van der Waals surface area contributed by atoms with E-state index in [1.165, 1.54) is 17.0 Å². The Hall–Kier alpha value is -4.74.